The molecule has 116 valence electrons. The number of aliphatic hydroxyl groups excluding tert-OH is 1. The second-order valence-electron chi connectivity index (χ2n) is 4.80. The SMILES string of the molecule is CCSc1ccc(C(=O)NCCc2ccc(CO)cc2)cn1. The van der Waals surface area contributed by atoms with Crippen LogP contribution in [0.1, 0.15) is 28.4 Å². The van der Waals surface area contributed by atoms with E-state index >= 15 is 0 Å². The molecule has 0 saturated heterocycles. The van der Waals surface area contributed by atoms with E-state index < -0.39 is 0 Å². The summed E-state index contributed by atoms with van der Waals surface area (Å²) in [5.41, 5.74) is 2.60. The largest absolute Gasteiger partial charge is 0.392 e. The second-order valence-corrected chi connectivity index (χ2v) is 6.08. The molecular weight excluding hydrogens is 296 g/mol. The summed E-state index contributed by atoms with van der Waals surface area (Å²) in [6.45, 7) is 2.69. The van der Waals surface area contributed by atoms with E-state index in [4.69, 9.17) is 5.11 Å². The van der Waals surface area contributed by atoms with Crippen LogP contribution in [0.4, 0.5) is 0 Å². The number of nitrogens with one attached hydrogen (secondary N) is 1. The Bertz CT molecular complexity index is 597. The molecule has 1 amide bonds. The maximum absolute atomic E-state index is 12.0. The molecule has 4 nitrogen and oxygen atoms in total. The van der Waals surface area contributed by atoms with Crippen LogP contribution < -0.4 is 5.32 Å². The van der Waals surface area contributed by atoms with E-state index in [-0.39, 0.29) is 12.5 Å². The molecule has 0 aliphatic rings. The summed E-state index contributed by atoms with van der Waals surface area (Å²) >= 11 is 1.65. The third-order valence-corrected chi connectivity index (χ3v) is 4.02. The predicted octanol–water partition coefficient (Wildman–Crippen LogP) is 2.66. The minimum atomic E-state index is -0.104. The van der Waals surface area contributed by atoms with Gasteiger partial charge in [0.05, 0.1) is 17.2 Å². The van der Waals surface area contributed by atoms with E-state index in [1.54, 1.807) is 24.0 Å². The maximum atomic E-state index is 12.0. The van der Waals surface area contributed by atoms with Crippen molar-refractivity contribution in [2.45, 2.75) is 25.0 Å². The summed E-state index contributed by atoms with van der Waals surface area (Å²) in [5.74, 6) is 0.862. The Morgan fingerprint density at radius 3 is 2.50 bits per heavy atom. The summed E-state index contributed by atoms with van der Waals surface area (Å²) in [5, 5.41) is 12.8. The lowest BCUT2D eigenvalue weighted by atomic mass is 10.1. The van der Waals surface area contributed by atoms with Crippen LogP contribution in [-0.4, -0.2) is 28.3 Å². The zero-order chi connectivity index (χ0) is 15.8. The third kappa shape index (κ3) is 4.86. The highest BCUT2D eigenvalue weighted by atomic mass is 32.2. The smallest absolute Gasteiger partial charge is 0.252 e. The molecule has 2 N–H and O–H groups in total. The first-order chi connectivity index (χ1) is 10.7. The van der Waals surface area contributed by atoms with Crippen molar-refractivity contribution in [2.75, 3.05) is 12.3 Å². The summed E-state index contributed by atoms with van der Waals surface area (Å²) in [7, 11) is 0. The van der Waals surface area contributed by atoms with Crippen molar-refractivity contribution in [3.8, 4) is 0 Å². The number of hydrogen-bond donors (Lipinski definition) is 2. The monoisotopic (exact) mass is 316 g/mol. The molecular formula is C17H20N2O2S. The molecule has 5 heteroatoms. The Morgan fingerprint density at radius 2 is 1.91 bits per heavy atom. The third-order valence-electron chi connectivity index (χ3n) is 3.20. The lowest BCUT2D eigenvalue weighted by molar-refractivity contribution is 0.0953. The zero-order valence-electron chi connectivity index (χ0n) is 12.6. The fourth-order valence-corrected chi connectivity index (χ4v) is 2.57. The number of amides is 1. The Hall–Kier alpha value is -1.85. The predicted molar refractivity (Wildman–Crippen MR) is 89.0 cm³/mol. The molecule has 0 fully saturated rings. The topological polar surface area (TPSA) is 62.2 Å². The Morgan fingerprint density at radius 1 is 1.18 bits per heavy atom. The van der Waals surface area contributed by atoms with Gasteiger partial charge in [0.25, 0.3) is 5.91 Å². The number of rotatable bonds is 7. The first-order valence-electron chi connectivity index (χ1n) is 7.28. The molecule has 2 aromatic rings. The van der Waals surface area contributed by atoms with E-state index in [0.717, 1.165) is 28.3 Å². The number of carbonyl (C=O) groups excluding carboxylic acids is 1. The molecule has 1 aromatic heterocycles. The van der Waals surface area contributed by atoms with Gasteiger partial charge in [0, 0.05) is 12.7 Å². The second kappa shape index (κ2) is 8.56. The molecule has 0 unspecified atom stereocenters. The summed E-state index contributed by atoms with van der Waals surface area (Å²) in [6, 6.07) is 11.4. The van der Waals surface area contributed by atoms with Gasteiger partial charge in [0.1, 0.15) is 0 Å². The van der Waals surface area contributed by atoms with Crippen LogP contribution in [0.2, 0.25) is 0 Å². The van der Waals surface area contributed by atoms with Crippen molar-refractivity contribution in [2.24, 2.45) is 0 Å². The molecule has 1 aromatic carbocycles. The molecule has 22 heavy (non-hydrogen) atoms. The lowest BCUT2D eigenvalue weighted by Crippen LogP contribution is -2.25. The highest BCUT2D eigenvalue weighted by Crippen LogP contribution is 2.14. The Labute approximate surface area is 135 Å². The van der Waals surface area contributed by atoms with Gasteiger partial charge < -0.3 is 10.4 Å². The van der Waals surface area contributed by atoms with E-state index in [1.165, 1.54) is 0 Å². The van der Waals surface area contributed by atoms with Crippen LogP contribution >= 0.6 is 11.8 Å². The average Bonchev–Trinajstić information content (AvgIpc) is 2.56. The first kappa shape index (κ1) is 16.5. The van der Waals surface area contributed by atoms with Crippen LogP contribution in [0.25, 0.3) is 0 Å². The van der Waals surface area contributed by atoms with E-state index in [2.05, 4.69) is 17.2 Å². The number of benzene rings is 1. The number of aromatic nitrogens is 1. The lowest BCUT2D eigenvalue weighted by Gasteiger charge is -2.06. The summed E-state index contributed by atoms with van der Waals surface area (Å²) < 4.78 is 0. The molecule has 0 saturated carbocycles. The number of carbonyl (C=O) groups is 1. The van der Waals surface area contributed by atoms with Crippen molar-refractivity contribution in [1.29, 1.82) is 0 Å². The maximum Gasteiger partial charge on any atom is 0.252 e. The first-order valence-corrected chi connectivity index (χ1v) is 8.27. The van der Waals surface area contributed by atoms with Gasteiger partial charge in [-0.3, -0.25) is 4.79 Å². The number of hydrogen-bond acceptors (Lipinski definition) is 4. The van der Waals surface area contributed by atoms with E-state index in [9.17, 15) is 4.79 Å². The molecule has 1 heterocycles. The van der Waals surface area contributed by atoms with Gasteiger partial charge >= 0.3 is 0 Å². The normalized spacial score (nSPS) is 10.5. The Kier molecular flexibility index (Phi) is 6.43. The molecule has 0 aliphatic heterocycles. The van der Waals surface area contributed by atoms with Gasteiger partial charge in [0.2, 0.25) is 0 Å². The molecule has 0 spiro atoms. The van der Waals surface area contributed by atoms with Gasteiger partial charge in [-0.1, -0.05) is 31.2 Å². The fraction of sp³-hybridized carbons (Fsp3) is 0.294. The van der Waals surface area contributed by atoms with Crippen LogP contribution in [0.15, 0.2) is 47.6 Å². The minimum Gasteiger partial charge on any atom is -0.392 e. The van der Waals surface area contributed by atoms with Gasteiger partial charge in [-0.05, 0) is 35.4 Å². The van der Waals surface area contributed by atoms with Crippen molar-refractivity contribution in [1.82, 2.24) is 10.3 Å². The average molecular weight is 316 g/mol. The van der Waals surface area contributed by atoms with Crippen molar-refractivity contribution < 1.29 is 9.90 Å². The standard InChI is InChI=1S/C17H20N2O2S/c1-2-22-16-8-7-15(11-19-16)17(21)18-10-9-13-3-5-14(12-20)6-4-13/h3-8,11,20H,2,9-10,12H2,1H3,(H,18,21). The summed E-state index contributed by atoms with van der Waals surface area (Å²) in [4.78, 5) is 16.3. The zero-order valence-corrected chi connectivity index (χ0v) is 13.4. The minimum absolute atomic E-state index is 0.0519. The molecule has 0 radical (unpaired) electrons. The quantitative estimate of drug-likeness (QED) is 0.771. The van der Waals surface area contributed by atoms with Crippen LogP contribution in [0.3, 0.4) is 0 Å². The number of pyridine rings is 1. The number of aliphatic hydroxyl groups is 1. The van der Waals surface area contributed by atoms with E-state index in [1.807, 2.05) is 30.3 Å². The molecule has 0 atom stereocenters. The van der Waals surface area contributed by atoms with Crippen LogP contribution in [-0.2, 0) is 13.0 Å². The molecule has 0 bridgehead atoms. The van der Waals surface area contributed by atoms with Crippen molar-refractivity contribution in [3.63, 3.8) is 0 Å². The van der Waals surface area contributed by atoms with Crippen molar-refractivity contribution >= 4 is 17.7 Å². The van der Waals surface area contributed by atoms with Crippen LogP contribution in [0, 0.1) is 0 Å². The number of thioether (sulfide) groups is 1. The summed E-state index contributed by atoms with van der Waals surface area (Å²) in [6.07, 6.45) is 2.37. The number of nitrogens with zero attached hydrogens (tertiary/aromatic N) is 1. The Balaban J connectivity index is 1.81. The van der Waals surface area contributed by atoms with E-state index in [0.29, 0.717) is 12.1 Å². The highest BCUT2D eigenvalue weighted by Gasteiger charge is 2.05. The van der Waals surface area contributed by atoms with Crippen molar-refractivity contribution in [3.05, 3.63) is 59.3 Å². The highest BCUT2D eigenvalue weighted by molar-refractivity contribution is 7.99. The van der Waals surface area contributed by atoms with Crippen LogP contribution in [0.5, 0.6) is 0 Å². The molecule has 2 rings (SSSR count). The van der Waals surface area contributed by atoms with Gasteiger partial charge in [-0.25, -0.2) is 4.98 Å². The van der Waals surface area contributed by atoms with Gasteiger partial charge in [-0.2, -0.15) is 0 Å². The fourth-order valence-electron chi connectivity index (χ4n) is 1.98. The van der Waals surface area contributed by atoms with Gasteiger partial charge in [0.15, 0.2) is 0 Å². The molecule has 0 aliphatic carbocycles. The van der Waals surface area contributed by atoms with Gasteiger partial charge in [-0.15, -0.1) is 11.8 Å².